The Balaban J connectivity index is 1.53. The van der Waals surface area contributed by atoms with Crippen molar-refractivity contribution >= 4 is 29.4 Å². The molecule has 1 heterocycles. The number of hydrogen-bond donors (Lipinski definition) is 2. The third kappa shape index (κ3) is 6.26. The van der Waals surface area contributed by atoms with E-state index in [1.165, 1.54) is 4.90 Å². The second-order valence-corrected chi connectivity index (χ2v) is 9.70. The van der Waals surface area contributed by atoms with Crippen LogP contribution >= 0.6 is 11.8 Å². The molecule has 0 aromatic heterocycles. The van der Waals surface area contributed by atoms with Crippen LogP contribution in [0.3, 0.4) is 0 Å². The lowest BCUT2D eigenvalue weighted by atomic mass is 9.97. The van der Waals surface area contributed by atoms with Crippen LogP contribution < -0.4 is 10.6 Å². The highest BCUT2D eigenvalue weighted by Gasteiger charge is 2.29. The highest BCUT2D eigenvalue weighted by molar-refractivity contribution is 7.99. The standard InChI is InChI=1S/C24H31N3O2S/c1-17(2)30-22-13-11-19(12-14-22)18(3)25-24(29)27-15-7-8-20(16-27)23(28)26-21-9-5-4-6-10-21/h4-6,9-14,17-18,20H,7-8,15-16H2,1-3H3,(H,25,29)(H,26,28). The van der Waals surface area contributed by atoms with Crippen molar-refractivity contribution in [1.82, 2.24) is 10.2 Å². The van der Waals surface area contributed by atoms with Crippen molar-refractivity contribution in [3.05, 3.63) is 60.2 Å². The van der Waals surface area contributed by atoms with Gasteiger partial charge in [0.15, 0.2) is 0 Å². The van der Waals surface area contributed by atoms with Gasteiger partial charge in [-0.3, -0.25) is 4.79 Å². The maximum Gasteiger partial charge on any atom is 0.317 e. The van der Waals surface area contributed by atoms with Gasteiger partial charge in [-0.15, -0.1) is 11.8 Å². The smallest absolute Gasteiger partial charge is 0.317 e. The van der Waals surface area contributed by atoms with Crippen LogP contribution in [-0.2, 0) is 4.79 Å². The van der Waals surface area contributed by atoms with E-state index >= 15 is 0 Å². The molecule has 0 bridgehead atoms. The first kappa shape index (κ1) is 22.2. The first-order chi connectivity index (χ1) is 14.4. The van der Waals surface area contributed by atoms with Crippen molar-refractivity contribution in [2.75, 3.05) is 18.4 Å². The zero-order valence-electron chi connectivity index (χ0n) is 17.9. The molecule has 5 nitrogen and oxygen atoms in total. The SMILES string of the molecule is CC(C)Sc1ccc(C(C)NC(=O)N2CCCC(C(=O)Nc3ccccc3)C2)cc1. The van der Waals surface area contributed by atoms with Gasteiger partial charge in [-0.25, -0.2) is 4.79 Å². The van der Waals surface area contributed by atoms with Crippen LogP contribution in [0.1, 0.15) is 45.2 Å². The van der Waals surface area contributed by atoms with Crippen LogP contribution in [-0.4, -0.2) is 35.2 Å². The minimum absolute atomic E-state index is 0.0232. The van der Waals surface area contributed by atoms with Crippen LogP contribution in [0.5, 0.6) is 0 Å². The molecular formula is C24H31N3O2S. The molecule has 160 valence electrons. The number of benzene rings is 2. The molecule has 2 atom stereocenters. The maximum atomic E-state index is 12.8. The molecule has 1 aliphatic heterocycles. The molecule has 30 heavy (non-hydrogen) atoms. The topological polar surface area (TPSA) is 61.4 Å². The first-order valence-electron chi connectivity index (χ1n) is 10.6. The largest absolute Gasteiger partial charge is 0.331 e. The molecule has 0 saturated carbocycles. The minimum atomic E-state index is -0.188. The lowest BCUT2D eigenvalue weighted by Gasteiger charge is -2.33. The third-order valence-corrected chi connectivity index (χ3v) is 6.23. The Morgan fingerprint density at radius 2 is 1.73 bits per heavy atom. The van der Waals surface area contributed by atoms with Crippen LogP contribution in [0.4, 0.5) is 10.5 Å². The Morgan fingerprint density at radius 3 is 2.40 bits per heavy atom. The Hall–Kier alpha value is -2.47. The van der Waals surface area contributed by atoms with Crippen LogP contribution in [0.2, 0.25) is 0 Å². The van der Waals surface area contributed by atoms with E-state index < -0.39 is 0 Å². The number of carbonyl (C=O) groups excluding carboxylic acids is 2. The molecule has 2 aromatic rings. The number of nitrogens with zero attached hydrogens (tertiary/aromatic N) is 1. The highest BCUT2D eigenvalue weighted by Crippen LogP contribution is 2.25. The Labute approximate surface area is 183 Å². The zero-order chi connectivity index (χ0) is 21.5. The number of nitrogens with one attached hydrogen (secondary N) is 2. The van der Waals surface area contributed by atoms with Gasteiger partial charge in [0.25, 0.3) is 0 Å². The number of thioether (sulfide) groups is 1. The van der Waals surface area contributed by atoms with E-state index in [1.807, 2.05) is 49.0 Å². The molecule has 6 heteroatoms. The van der Waals surface area contributed by atoms with Crippen LogP contribution in [0.25, 0.3) is 0 Å². The molecule has 1 fully saturated rings. The summed E-state index contributed by atoms with van der Waals surface area (Å²) in [4.78, 5) is 28.4. The summed E-state index contributed by atoms with van der Waals surface area (Å²) >= 11 is 1.83. The highest BCUT2D eigenvalue weighted by atomic mass is 32.2. The van der Waals surface area contributed by atoms with E-state index in [4.69, 9.17) is 0 Å². The quantitative estimate of drug-likeness (QED) is 0.617. The average Bonchev–Trinajstić information content (AvgIpc) is 2.74. The summed E-state index contributed by atoms with van der Waals surface area (Å²) in [6.45, 7) is 7.46. The van der Waals surface area contributed by atoms with Crippen LogP contribution in [0, 0.1) is 5.92 Å². The van der Waals surface area contributed by atoms with Crippen molar-refractivity contribution in [2.45, 2.75) is 49.8 Å². The van der Waals surface area contributed by atoms with E-state index in [2.05, 4.69) is 48.7 Å². The molecular weight excluding hydrogens is 394 g/mol. The van der Waals surface area contributed by atoms with Crippen molar-refractivity contribution in [1.29, 1.82) is 0 Å². The Kier molecular flexibility index (Phi) is 7.80. The monoisotopic (exact) mass is 425 g/mol. The molecule has 3 rings (SSSR count). The molecule has 0 aliphatic carbocycles. The van der Waals surface area contributed by atoms with Crippen molar-refractivity contribution in [3.8, 4) is 0 Å². The van der Waals surface area contributed by atoms with Gasteiger partial charge in [-0.2, -0.15) is 0 Å². The number of carbonyl (C=O) groups is 2. The fourth-order valence-electron chi connectivity index (χ4n) is 3.61. The summed E-state index contributed by atoms with van der Waals surface area (Å²) < 4.78 is 0. The van der Waals surface area contributed by atoms with Gasteiger partial charge in [0.1, 0.15) is 0 Å². The number of likely N-dealkylation sites (tertiary alicyclic amines) is 1. The Bertz CT molecular complexity index is 839. The summed E-state index contributed by atoms with van der Waals surface area (Å²) in [6, 6.07) is 17.6. The van der Waals surface area contributed by atoms with Gasteiger partial charge in [0.2, 0.25) is 5.91 Å². The van der Waals surface area contributed by atoms with Gasteiger partial charge >= 0.3 is 6.03 Å². The molecule has 1 aliphatic rings. The fraction of sp³-hybridized carbons (Fsp3) is 0.417. The number of hydrogen-bond acceptors (Lipinski definition) is 3. The normalized spacial score (nSPS) is 17.5. The van der Waals surface area contributed by atoms with Crippen molar-refractivity contribution in [2.24, 2.45) is 5.92 Å². The second-order valence-electron chi connectivity index (χ2n) is 8.05. The number of urea groups is 1. The lowest BCUT2D eigenvalue weighted by Crippen LogP contribution is -2.48. The van der Waals surface area contributed by atoms with E-state index in [9.17, 15) is 9.59 Å². The van der Waals surface area contributed by atoms with E-state index in [0.29, 0.717) is 18.3 Å². The molecule has 1 saturated heterocycles. The van der Waals surface area contributed by atoms with E-state index in [-0.39, 0.29) is 23.9 Å². The summed E-state index contributed by atoms with van der Waals surface area (Å²) in [7, 11) is 0. The molecule has 2 unspecified atom stereocenters. The summed E-state index contributed by atoms with van der Waals surface area (Å²) in [5.74, 6) is -0.211. The van der Waals surface area contributed by atoms with Gasteiger partial charge < -0.3 is 15.5 Å². The number of rotatable bonds is 6. The Morgan fingerprint density at radius 1 is 1.03 bits per heavy atom. The maximum absolute atomic E-state index is 12.8. The first-order valence-corrected chi connectivity index (χ1v) is 11.5. The lowest BCUT2D eigenvalue weighted by molar-refractivity contribution is -0.121. The average molecular weight is 426 g/mol. The number of piperidine rings is 1. The van der Waals surface area contributed by atoms with Gasteiger partial charge in [0.05, 0.1) is 12.0 Å². The second kappa shape index (κ2) is 10.5. The van der Waals surface area contributed by atoms with Crippen molar-refractivity contribution < 1.29 is 9.59 Å². The molecule has 2 N–H and O–H groups in total. The van der Waals surface area contributed by atoms with Gasteiger partial charge in [-0.1, -0.05) is 44.2 Å². The summed E-state index contributed by atoms with van der Waals surface area (Å²) in [5, 5.41) is 6.58. The van der Waals surface area contributed by atoms with Crippen molar-refractivity contribution in [3.63, 3.8) is 0 Å². The number of para-hydroxylation sites is 1. The summed E-state index contributed by atoms with van der Waals surface area (Å²) in [6.07, 6.45) is 1.63. The van der Waals surface area contributed by atoms with E-state index in [0.717, 1.165) is 24.1 Å². The van der Waals surface area contributed by atoms with Gasteiger partial charge in [0, 0.05) is 28.9 Å². The zero-order valence-corrected chi connectivity index (χ0v) is 18.7. The molecule has 3 amide bonds. The fourth-order valence-corrected chi connectivity index (χ4v) is 4.45. The number of amides is 3. The predicted molar refractivity (Wildman–Crippen MR) is 124 cm³/mol. The molecule has 2 aromatic carbocycles. The summed E-state index contributed by atoms with van der Waals surface area (Å²) in [5.41, 5.74) is 1.86. The van der Waals surface area contributed by atoms with Gasteiger partial charge in [-0.05, 0) is 49.6 Å². The van der Waals surface area contributed by atoms with Crippen LogP contribution in [0.15, 0.2) is 59.5 Å². The molecule has 0 radical (unpaired) electrons. The predicted octanol–water partition coefficient (Wildman–Crippen LogP) is 5.31. The third-order valence-electron chi connectivity index (χ3n) is 5.21. The number of anilines is 1. The molecule has 0 spiro atoms. The minimum Gasteiger partial charge on any atom is -0.331 e. The van der Waals surface area contributed by atoms with E-state index in [1.54, 1.807) is 4.90 Å².